The maximum absolute atomic E-state index is 12.8. The molecule has 0 radical (unpaired) electrons. The third kappa shape index (κ3) is 5.01. The van der Waals surface area contributed by atoms with Gasteiger partial charge in [0, 0.05) is 11.6 Å². The van der Waals surface area contributed by atoms with Gasteiger partial charge < -0.3 is 4.74 Å². The number of hydrogen-bond acceptors (Lipinski definition) is 5. The Labute approximate surface area is 162 Å². The summed E-state index contributed by atoms with van der Waals surface area (Å²) in [7, 11) is 0. The van der Waals surface area contributed by atoms with Crippen LogP contribution in [0.5, 0.6) is 0 Å². The van der Waals surface area contributed by atoms with Crippen molar-refractivity contribution in [1.82, 2.24) is 20.2 Å². The van der Waals surface area contributed by atoms with Crippen molar-refractivity contribution in [2.75, 3.05) is 0 Å². The number of benzene rings is 2. The summed E-state index contributed by atoms with van der Waals surface area (Å²) in [6.07, 6.45) is 2.68. The Balaban J connectivity index is 1.83. The van der Waals surface area contributed by atoms with E-state index in [0.717, 1.165) is 17.5 Å². The number of halogens is 1. The predicted octanol–water partition coefficient (Wildman–Crippen LogP) is 4.02. The van der Waals surface area contributed by atoms with E-state index in [1.165, 1.54) is 0 Å². The lowest BCUT2D eigenvalue weighted by Crippen LogP contribution is -2.12. The molecule has 1 aromatic heterocycles. The first-order valence-corrected chi connectivity index (χ1v) is 9.00. The zero-order valence-electron chi connectivity index (χ0n) is 14.9. The fraction of sp³-hybridized carbons (Fsp3) is 0.200. The van der Waals surface area contributed by atoms with Crippen molar-refractivity contribution >= 4 is 29.2 Å². The predicted molar refractivity (Wildman–Crippen MR) is 104 cm³/mol. The number of esters is 1. The summed E-state index contributed by atoms with van der Waals surface area (Å²) in [5.74, 6) is 0.0626. The van der Waals surface area contributed by atoms with Crippen LogP contribution in [0.2, 0.25) is 5.02 Å². The van der Waals surface area contributed by atoms with Crippen molar-refractivity contribution in [2.45, 2.75) is 26.5 Å². The molecular weight excluding hydrogens is 364 g/mol. The molecule has 0 saturated heterocycles. The molecule has 2 aromatic carbocycles. The second kappa shape index (κ2) is 9.09. The van der Waals surface area contributed by atoms with E-state index in [2.05, 4.69) is 15.5 Å². The minimum absolute atomic E-state index is 0.00551. The average Bonchev–Trinajstić information content (AvgIpc) is 3.13. The number of rotatable bonds is 7. The molecular formula is C20H19ClN4O2. The van der Waals surface area contributed by atoms with Crippen LogP contribution in [0.4, 0.5) is 0 Å². The topological polar surface area (TPSA) is 69.9 Å². The number of aryl methyl sites for hydroxylation is 1. The monoisotopic (exact) mass is 382 g/mol. The molecule has 0 saturated carbocycles. The van der Waals surface area contributed by atoms with Crippen LogP contribution in [0, 0.1) is 0 Å². The second-order valence-electron chi connectivity index (χ2n) is 5.87. The van der Waals surface area contributed by atoms with E-state index in [0.29, 0.717) is 23.0 Å². The molecule has 0 amide bonds. The quantitative estimate of drug-likeness (QED) is 0.350. The Morgan fingerprint density at radius 1 is 1.15 bits per heavy atom. The fourth-order valence-corrected chi connectivity index (χ4v) is 2.65. The molecule has 0 N–H and O–H groups in total. The highest BCUT2D eigenvalue weighted by Crippen LogP contribution is 2.22. The van der Waals surface area contributed by atoms with Gasteiger partial charge >= 0.3 is 5.97 Å². The van der Waals surface area contributed by atoms with E-state index in [-0.39, 0.29) is 6.61 Å². The molecule has 0 aliphatic heterocycles. The molecule has 138 valence electrons. The Morgan fingerprint density at radius 2 is 1.89 bits per heavy atom. The molecule has 0 bridgehead atoms. The minimum Gasteiger partial charge on any atom is -0.454 e. The van der Waals surface area contributed by atoms with Crippen molar-refractivity contribution in [1.29, 1.82) is 0 Å². The second-order valence-corrected chi connectivity index (χ2v) is 6.31. The van der Waals surface area contributed by atoms with E-state index < -0.39 is 5.97 Å². The van der Waals surface area contributed by atoms with Gasteiger partial charge in [-0.05, 0) is 46.2 Å². The molecule has 7 heteroatoms. The number of aromatic nitrogens is 4. The number of carbonyl (C=O) groups excluding carboxylic acids is 1. The number of hydrogen-bond donors (Lipinski definition) is 0. The lowest BCUT2D eigenvalue weighted by atomic mass is 10.0. The van der Waals surface area contributed by atoms with Crippen molar-refractivity contribution in [2.24, 2.45) is 0 Å². The van der Waals surface area contributed by atoms with E-state index in [4.69, 9.17) is 16.3 Å². The minimum atomic E-state index is -0.452. The maximum Gasteiger partial charge on any atom is 0.339 e. The van der Waals surface area contributed by atoms with Gasteiger partial charge in [-0.1, -0.05) is 61.0 Å². The summed E-state index contributed by atoms with van der Waals surface area (Å²) in [4.78, 5) is 12.8. The van der Waals surface area contributed by atoms with Crippen molar-refractivity contribution in [3.63, 3.8) is 0 Å². The average molecular weight is 383 g/mol. The molecule has 3 aromatic rings. The van der Waals surface area contributed by atoms with Crippen molar-refractivity contribution in [3.05, 3.63) is 76.6 Å². The van der Waals surface area contributed by atoms with Crippen LogP contribution in [0.3, 0.4) is 0 Å². The summed E-state index contributed by atoms with van der Waals surface area (Å²) in [5, 5.41) is 12.1. The van der Waals surface area contributed by atoms with Gasteiger partial charge in [-0.2, -0.15) is 0 Å². The van der Waals surface area contributed by atoms with E-state index >= 15 is 0 Å². The van der Waals surface area contributed by atoms with Crippen molar-refractivity contribution < 1.29 is 9.53 Å². The fourth-order valence-electron chi connectivity index (χ4n) is 2.53. The summed E-state index contributed by atoms with van der Waals surface area (Å²) in [6, 6.07) is 16.7. The molecule has 0 spiro atoms. The highest BCUT2D eigenvalue weighted by atomic mass is 35.5. The van der Waals surface area contributed by atoms with Gasteiger partial charge in [0.05, 0.1) is 5.57 Å². The summed E-state index contributed by atoms with van der Waals surface area (Å²) in [5.41, 5.74) is 2.06. The maximum atomic E-state index is 12.8. The van der Waals surface area contributed by atoms with Gasteiger partial charge in [-0.25, -0.2) is 9.48 Å². The molecule has 6 nitrogen and oxygen atoms in total. The zero-order valence-corrected chi connectivity index (χ0v) is 15.6. The van der Waals surface area contributed by atoms with Crippen molar-refractivity contribution in [3.8, 4) is 0 Å². The van der Waals surface area contributed by atoms with Crippen LogP contribution in [0.1, 0.15) is 30.3 Å². The molecule has 3 rings (SSSR count). The SMILES string of the molecule is CCCn1nnnc1COC(=O)/C(=C/c1ccccc1)c1ccc(Cl)cc1. The first-order chi connectivity index (χ1) is 13.2. The Bertz CT molecular complexity index is 921. The van der Waals surface area contributed by atoms with Gasteiger partial charge in [0.2, 0.25) is 0 Å². The van der Waals surface area contributed by atoms with Gasteiger partial charge in [-0.3, -0.25) is 0 Å². The third-order valence-electron chi connectivity index (χ3n) is 3.86. The molecule has 0 aliphatic rings. The highest BCUT2D eigenvalue weighted by Gasteiger charge is 2.16. The van der Waals surface area contributed by atoms with Crippen LogP contribution in [0.15, 0.2) is 54.6 Å². The van der Waals surface area contributed by atoms with Gasteiger partial charge in [0.15, 0.2) is 12.4 Å². The van der Waals surface area contributed by atoms with Gasteiger partial charge in [0.1, 0.15) is 0 Å². The number of nitrogens with zero attached hydrogens (tertiary/aromatic N) is 4. The molecule has 0 unspecified atom stereocenters. The van der Waals surface area contributed by atoms with Gasteiger partial charge in [0.25, 0.3) is 0 Å². The van der Waals surface area contributed by atoms with E-state index in [1.807, 2.05) is 37.3 Å². The molecule has 0 aliphatic carbocycles. The van der Waals surface area contributed by atoms with Gasteiger partial charge in [-0.15, -0.1) is 5.10 Å². The molecule has 1 heterocycles. The lowest BCUT2D eigenvalue weighted by molar-refractivity contribution is -0.138. The molecule has 0 fully saturated rings. The standard InChI is InChI=1S/C20H19ClN4O2/c1-2-12-25-19(22-23-24-25)14-27-20(26)18(13-15-6-4-3-5-7-15)16-8-10-17(21)11-9-16/h3-11,13H,2,12,14H2,1H3/b18-13+. The van der Waals surface area contributed by atoms with Crippen LogP contribution < -0.4 is 0 Å². The van der Waals surface area contributed by atoms with Crippen LogP contribution in [-0.4, -0.2) is 26.2 Å². The Morgan fingerprint density at radius 3 is 2.59 bits per heavy atom. The zero-order chi connectivity index (χ0) is 19.1. The number of tetrazole rings is 1. The summed E-state index contributed by atoms with van der Waals surface area (Å²) >= 11 is 5.97. The Kier molecular flexibility index (Phi) is 6.33. The van der Waals surface area contributed by atoms with Crippen LogP contribution in [-0.2, 0) is 22.7 Å². The summed E-state index contributed by atoms with van der Waals surface area (Å²) in [6.45, 7) is 2.70. The molecule has 27 heavy (non-hydrogen) atoms. The Hall–Kier alpha value is -2.99. The largest absolute Gasteiger partial charge is 0.454 e. The highest BCUT2D eigenvalue weighted by molar-refractivity contribution is 6.30. The summed E-state index contributed by atoms with van der Waals surface area (Å²) < 4.78 is 7.12. The third-order valence-corrected chi connectivity index (χ3v) is 4.11. The van der Waals surface area contributed by atoms with Crippen LogP contribution in [0.25, 0.3) is 11.6 Å². The lowest BCUT2D eigenvalue weighted by Gasteiger charge is -2.09. The van der Waals surface area contributed by atoms with E-state index in [9.17, 15) is 4.79 Å². The normalized spacial score (nSPS) is 11.4. The van der Waals surface area contributed by atoms with Crippen LogP contribution >= 0.6 is 11.6 Å². The number of ether oxygens (including phenoxy) is 1. The first kappa shape index (κ1) is 18.8. The molecule has 0 atom stereocenters. The number of carbonyl (C=O) groups is 1. The smallest absolute Gasteiger partial charge is 0.339 e. The first-order valence-electron chi connectivity index (χ1n) is 8.62. The van der Waals surface area contributed by atoms with E-state index in [1.54, 1.807) is 35.0 Å².